The van der Waals surface area contributed by atoms with E-state index in [1.54, 1.807) is 6.20 Å². The zero-order valence-corrected chi connectivity index (χ0v) is 7.44. The fraction of sp³-hybridized carbons (Fsp3) is 0.222. The van der Waals surface area contributed by atoms with Crippen molar-refractivity contribution in [1.29, 1.82) is 0 Å². The van der Waals surface area contributed by atoms with Crippen LogP contribution in [0.4, 0.5) is 0 Å². The topological polar surface area (TPSA) is 58.9 Å². The number of hydrogen-bond acceptors (Lipinski definition) is 4. The lowest BCUT2D eigenvalue weighted by molar-refractivity contribution is 0.477. The van der Waals surface area contributed by atoms with Gasteiger partial charge < -0.3 is 5.11 Å². The lowest BCUT2D eigenvalue weighted by Gasteiger charge is -2.02. The van der Waals surface area contributed by atoms with Crippen molar-refractivity contribution in [2.24, 2.45) is 0 Å². The molecular formula is C9H9N3O. The Hall–Kier alpha value is -1.71. The molecule has 1 N–H and O–H groups in total. The van der Waals surface area contributed by atoms with Crippen LogP contribution in [0.3, 0.4) is 0 Å². The normalized spacial score (nSPS) is 10.6. The third-order valence-corrected chi connectivity index (χ3v) is 1.97. The highest BCUT2D eigenvalue weighted by Crippen LogP contribution is 2.19. The maximum absolute atomic E-state index is 9.42. The van der Waals surface area contributed by atoms with Crippen molar-refractivity contribution in [3.63, 3.8) is 0 Å². The molecule has 0 saturated carbocycles. The van der Waals surface area contributed by atoms with Crippen molar-refractivity contribution in [2.75, 3.05) is 0 Å². The van der Waals surface area contributed by atoms with Gasteiger partial charge in [0.05, 0.1) is 23.8 Å². The summed E-state index contributed by atoms with van der Waals surface area (Å²) in [5.74, 6) is 0.0769. The fourth-order valence-electron chi connectivity index (χ4n) is 1.14. The van der Waals surface area contributed by atoms with Gasteiger partial charge in [0.25, 0.3) is 0 Å². The van der Waals surface area contributed by atoms with Crippen LogP contribution in [-0.2, 0) is 0 Å². The molecule has 0 amide bonds. The average Bonchev–Trinajstić information content (AvgIpc) is 2.09. The first-order chi connectivity index (χ1) is 6.18. The number of hydrogen-bond donors (Lipinski definition) is 1. The molecule has 0 atom stereocenters. The van der Waals surface area contributed by atoms with Gasteiger partial charge in [-0.3, -0.25) is 4.98 Å². The molecular weight excluding hydrogens is 166 g/mol. The fourth-order valence-corrected chi connectivity index (χ4v) is 1.14. The van der Waals surface area contributed by atoms with Crippen molar-refractivity contribution in [1.82, 2.24) is 15.0 Å². The largest absolute Gasteiger partial charge is 0.504 e. The summed E-state index contributed by atoms with van der Waals surface area (Å²) in [6, 6.07) is 0. The summed E-state index contributed by atoms with van der Waals surface area (Å²) in [4.78, 5) is 12.3. The first kappa shape index (κ1) is 7.91. The molecule has 0 saturated heterocycles. The summed E-state index contributed by atoms with van der Waals surface area (Å²) in [6.45, 7) is 3.74. The second-order valence-electron chi connectivity index (χ2n) is 2.92. The summed E-state index contributed by atoms with van der Waals surface area (Å²) in [5, 5.41) is 9.42. The second-order valence-corrected chi connectivity index (χ2v) is 2.92. The van der Waals surface area contributed by atoms with Gasteiger partial charge in [-0.2, -0.15) is 0 Å². The maximum atomic E-state index is 9.42. The van der Waals surface area contributed by atoms with Gasteiger partial charge in [0.1, 0.15) is 11.0 Å². The molecule has 0 aliphatic heterocycles. The number of aryl methyl sites for hydroxylation is 2. The predicted molar refractivity (Wildman–Crippen MR) is 48.5 cm³/mol. The van der Waals surface area contributed by atoms with Crippen molar-refractivity contribution in [3.05, 3.63) is 23.8 Å². The predicted octanol–water partition coefficient (Wildman–Crippen LogP) is 1.35. The molecule has 0 fully saturated rings. The van der Waals surface area contributed by atoms with E-state index in [9.17, 15) is 5.11 Å². The summed E-state index contributed by atoms with van der Waals surface area (Å²) in [5.41, 5.74) is 2.83. The van der Waals surface area contributed by atoms with Crippen LogP contribution in [0, 0.1) is 13.8 Å². The molecule has 0 aliphatic carbocycles. The van der Waals surface area contributed by atoms with E-state index in [0.29, 0.717) is 11.0 Å². The van der Waals surface area contributed by atoms with Gasteiger partial charge >= 0.3 is 0 Å². The lowest BCUT2D eigenvalue weighted by Crippen LogP contribution is -1.93. The van der Waals surface area contributed by atoms with Gasteiger partial charge in [-0.1, -0.05) is 0 Å². The number of rotatable bonds is 0. The summed E-state index contributed by atoms with van der Waals surface area (Å²) >= 11 is 0. The Morgan fingerprint density at radius 1 is 1.08 bits per heavy atom. The number of pyridine rings is 1. The average molecular weight is 175 g/mol. The quantitative estimate of drug-likeness (QED) is 0.656. The first-order valence-electron chi connectivity index (χ1n) is 3.96. The Labute approximate surface area is 75.3 Å². The van der Waals surface area contributed by atoms with E-state index in [4.69, 9.17) is 0 Å². The SMILES string of the molecule is Cc1nc2cncc(O)c2nc1C. The van der Waals surface area contributed by atoms with Crippen molar-refractivity contribution in [3.8, 4) is 5.75 Å². The Balaban J connectivity index is 2.89. The molecule has 0 spiro atoms. The molecule has 2 aromatic rings. The standard InChI is InChI=1S/C9H9N3O/c1-5-6(2)12-9-7(11-5)3-10-4-8(9)13/h3-4,13H,1-2H3. The molecule has 4 heteroatoms. The summed E-state index contributed by atoms with van der Waals surface area (Å²) in [7, 11) is 0. The smallest absolute Gasteiger partial charge is 0.161 e. The number of nitrogens with zero attached hydrogens (tertiary/aromatic N) is 3. The molecule has 2 aromatic heterocycles. The minimum absolute atomic E-state index is 0.0769. The highest BCUT2D eigenvalue weighted by Gasteiger charge is 2.04. The zero-order chi connectivity index (χ0) is 9.42. The second kappa shape index (κ2) is 2.65. The zero-order valence-electron chi connectivity index (χ0n) is 7.44. The van der Waals surface area contributed by atoms with E-state index in [1.807, 2.05) is 13.8 Å². The van der Waals surface area contributed by atoms with Crippen LogP contribution in [0.5, 0.6) is 5.75 Å². The Morgan fingerprint density at radius 3 is 2.54 bits per heavy atom. The molecule has 0 radical (unpaired) electrons. The molecule has 2 rings (SSSR count). The molecule has 0 aliphatic rings. The Kier molecular flexibility index (Phi) is 1.62. The van der Waals surface area contributed by atoms with Gasteiger partial charge in [0.2, 0.25) is 0 Å². The molecule has 4 nitrogen and oxygen atoms in total. The third-order valence-electron chi connectivity index (χ3n) is 1.97. The number of aromatic hydroxyl groups is 1. The van der Waals surface area contributed by atoms with Crippen molar-refractivity contribution >= 4 is 11.0 Å². The molecule has 0 bridgehead atoms. The highest BCUT2D eigenvalue weighted by atomic mass is 16.3. The lowest BCUT2D eigenvalue weighted by atomic mass is 10.3. The van der Waals surface area contributed by atoms with E-state index in [1.165, 1.54) is 6.20 Å². The maximum Gasteiger partial charge on any atom is 0.161 e. The van der Waals surface area contributed by atoms with Crippen LogP contribution in [0.2, 0.25) is 0 Å². The number of aromatic nitrogens is 3. The van der Waals surface area contributed by atoms with Crippen LogP contribution in [-0.4, -0.2) is 20.1 Å². The van der Waals surface area contributed by atoms with Crippen LogP contribution >= 0.6 is 0 Å². The third kappa shape index (κ3) is 1.20. The van der Waals surface area contributed by atoms with Crippen LogP contribution in [0.1, 0.15) is 11.4 Å². The Bertz CT molecular complexity index is 468. The monoisotopic (exact) mass is 175 g/mol. The van der Waals surface area contributed by atoms with E-state index in [-0.39, 0.29) is 5.75 Å². The van der Waals surface area contributed by atoms with Gasteiger partial charge in [-0.15, -0.1) is 0 Å². The van der Waals surface area contributed by atoms with Gasteiger partial charge in [-0.25, -0.2) is 9.97 Å². The first-order valence-corrected chi connectivity index (χ1v) is 3.96. The van der Waals surface area contributed by atoms with Gasteiger partial charge in [0.15, 0.2) is 5.75 Å². The van der Waals surface area contributed by atoms with Crippen molar-refractivity contribution < 1.29 is 5.11 Å². The van der Waals surface area contributed by atoms with Crippen molar-refractivity contribution in [2.45, 2.75) is 13.8 Å². The van der Waals surface area contributed by atoms with Crippen LogP contribution in [0.25, 0.3) is 11.0 Å². The molecule has 0 aromatic carbocycles. The molecule has 66 valence electrons. The van der Waals surface area contributed by atoms with E-state index in [0.717, 1.165) is 11.4 Å². The van der Waals surface area contributed by atoms with Gasteiger partial charge in [0, 0.05) is 0 Å². The minimum Gasteiger partial charge on any atom is -0.504 e. The van der Waals surface area contributed by atoms with E-state index < -0.39 is 0 Å². The van der Waals surface area contributed by atoms with Gasteiger partial charge in [-0.05, 0) is 13.8 Å². The summed E-state index contributed by atoms with van der Waals surface area (Å²) in [6.07, 6.45) is 2.96. The van der Waals surface area contributed by atoms with Crippen LogP contribution in [0.15, 0.2) is 12.4 Å². The van der Waals surface area contributed by atoms with Crippen LogP contribution < -0.4 is 0 Å². The molecule has 2 heterocycles. The summed E-state index contributed by atoms with van der Waals surface area (Å²) < 4.78 is 0. The minimum atomic E-state index is 0.0769. The Morgan fingerprint density at radius 2 is 1.77 bits per heavy atom. The highest BCUT2D eigenvalue weighted by molar-refractivity contribution is 5.79. The van der Waals surface area contributed by atoms with E-state index in [2.05, 4.69) is 15.0 Å². The molecule has 13 heavy (non-hydrogen) atoms. The van der Waals surface area contributed by atoms with E-state index >= 15 is 0 Å². The molecule has 0 unspecified atom stereocenters. The number of fused-ring (bicyclic) bond motifs is 1.